The van der Waals surface area contributed by atoms with Crippen molar-refractivity contribution in [3.63, 3.8) is 0 Å². The van der Waals surface area contributed by atoms with Gasteiger partial charge in [0.15, 0.2) is 0 Å². The quantitative estimate of drug-likeness (QED) is 0.478. The molecule has 1 rings (SSSR count). The van der Waals surface area contributed by atoms with Crippen molar-refractivity contribution in [2.24, 2.45) is 0 Å². The van der Waals surface area contributed by atoms with Gasteiger partial charge in [-0.15, -0.1) is 0 Å². The molecule has 1 aliphatic rings. The van der Waals surface area contributed by atoms with Gasteiger partial charge in [0, 0.05) is 0 Å². The van der Waals surface area contributed by atoms with E-state index in [1.165, 1.54) is 11.1 Å². The summed E-state index contributed by atoms with van der Waals surface area (Å²) in [5, 5.41) is 0. The fourth-order valence-corrected chi connectivity index (χ4v) is 2.82. The van der Waals surface area contributed by atoms with E-state index >= 15 is 0 Å². The van der Waals surface area contributed by atoms with Gasteiger partial charge in [-0.25, -0.2) is 0 Å². The minimum absolute atomic E-state index is 1.14. The molecule has 1 saturated carbocycles. The molecular formula is C8H8Br4. The van der Waals surface area contributed by atoms with Crippen LogP contribution in [0.1, 0.15) is 25.7 Å². The Labute approximate surface area is 106 Å². The summed E-state index contributed by atoms with van der Waals surface area (Å²) in [6.07, 6.45) is 4.62. The lowest BCUT2D eigenvalue weighted by molar-refractivity contribution is 0.731. The maximum atomic E-state index is 3.45. The zero-order chi connectivity index (χ0) is 9.14. The van der Waals surface area contributed by atoms with Gasteiger partial charge >= 0.3 is 0 Å². The molecule has 0 saturated heterocycles. The van der Waals surface area contributed by atoms with Crippen LogP contribution >= 0.6 is 63.7 Å². The van der Waals surface area contributed by atoms with Gasteiger partial charge in [0.05, 0.1) is 6.78 Å². The summed E-state index contributed by atoms with van der Waals surface area (Å²) < 4.78 is 2.28. The third-order valence-electron chi connectivity index (χ3n) is 1.99. The highest BCUT2D eigenvalue weighted by Crippen LogP contribution is 2.37. The van der Waals surface area contributed by atoms with Crippen molar-refractivity contribution >= 4 is 63.7 Å². The van der Waals surface area contributed by atoms with Gasteiger partial charge in [-0.05, 0) is 101 Å². The van der Waals surface area contributed by atoms with Gasteiger partial charge in [-0.1, -0.05) is 0 Å². The van der Waals surface area contributed by atoms with Crippen LogP contribution in [0.4, 0.5) is 0 Å². The van der Waals surface area contributed by atoms with Crippen LogP contribution in [0.2, 0.25) is 0 Å². The second-order valence-electron chi connectivity index (χ2n) is 2.73. The highest BCUT2D eigenvalue weighted by Gasteiger charge is 2.13. The molecule has 0 radical (unpaired) electrons. The van der Waals surface area contributed by atoms with Crippen LogP contribution in [0, 0.1) is 0 Å². The second-order valence-corrected chi connectivity index (χ2v) is 8.03. The van der Waals surface area contributed by atoms with Gasteiger partial charge < -0.3 is 0 Å². The van der Waals surface area contributed by atoms with Crippen molar-refractivity contribution in [2.75, 3.05) is 0 Å². The Balaban J connectivity index is 2.63. The first-order valence-electron chi connectivity index (χ1n) is 3.67. The highest BCUT2D eigenvalue weighted by molar-refractivity contribution is 9.28. The van der Waals surface area contributed by atoms with E-state index in [1.807, 2.05) is 0 Å². The van der Waals surface area contributed by atoms with Crippen molar-refractivity contribution in [3.8, 4) is 0 Å². The lowest BCUT2D eigenvalue weighted by Gasteiger charge is -2.17. The van der Waals surface area contributed by atoms with Gasteiger partial charge in [0.2, 0.25) is 0 Å². The Bertz CT molecular complexity index is 193. The smallest absolute Gasteiger partial charge is 0.0483 e. The molecule has 12 heavy (non-hydrogen) atoms. The molecule has 0 spiro atoms. The maximum Gasteiger partial charge on any atom is 0.0596 e. The van der Waals surface area contributed by atoms with Crippen LogP contribution < -0.4 is 0 Å². The minimum atomic E-state index is 1.14. The van der Waals surface area contributed by atoms with E-state index in [0.29, 0.717) is 0 Å². The van der Waals surface area contributed by atoms with Crippen molar-refractivity contribution in [1.82, 2.24) is 0 Å². The Morgan fingerprint density at radius 1 is 0.667 bits per heavy atom. The summed E-state index contributed by atoms with van der Waals surface area (Å²) in [7, 11) is 0. The number of hydrogen-bond acceptors (Lipinski definition) is 0. The summed E-state index contributed by atoms with van der Waals surface area (Å²) in [4.78, 5) is 0. The molecule has 4 heteroatoms. The van der Waals surface area contributed by atoms with Gasteiger partial charge in [-0.3, -0.25) is 0 Å². The predicted molar refractivity (Wildman–Crippen MR) is 68.2 cm³/mol. The maximum absolute atomic E-state index is 3.45. The topological polar surface area (TPSA) is 0 Å². The van der Waals surface area contributed by atoms with Crippen molar-refractivity contribution in [3.05, 3.63) is 17.9 Å². The molecule has 0 aromatic rings. The predicted octanol–water partition coefficient (Wildman–Crippen LogP) is 5.56. The largest absolute Gasteiger partial charge is 0.0596 e. The minimum Gasteiger partial charge on any atom is -0.0483 e. The standard InChI is InChI=1S/C8H8Br4/c9-7(10)5-1-2-6(4-3-5)8(11)12/h1-4H2. The van der Waals surface area contributed by atoms with E-state index < -0.39 is 0 Å². The van der Waals surface area contributed by atoms with E-state index in [1.54, 1.807) is 0 Å². The Morgan fingerprint density at radius 3 is 1.08 bits per heavy atom. The average Bonchev–Trinajstić information content (AvgIpc) is 2.04. The zero-order valence-corrected chi connectivity index (χ0v) is 12.7. The van der Waals surface area contributed by atoms with E-state index in [-0.39, 0.29) is 0 Å². The van der Waals surface area contributed by atoms with Crippen LogP contribution in [0.25, 0.3) is 0 Å². The molecule has 0 atom stereocenters. The molecule has 0 aromatic heterocycles. The normalized spacial score (nSPS) is 18.0. The summed E-state index contributed by atoms with van der Waals surface area (Å²) >= 11 is 13.8. The third-order valence-corrected chi connectivity index (χ3v) is 4.23. The Kier molecular flexibility index (Phi) is 5.09. The first-order chi connectivity index (χ1) is 5.61. The lowest BCUT2D eigenvalue weighted by Crippen LogP contribution is -1.98. The number of hydrogen-bond donors (Lipinski definition) is 0. The van der Waals surface area contributed by atoms with Crippen LogP contribution in [-0.4, -0.2) is 0 Å². The summed E-state index contributed by atoms with van der Waals surface area (Å²) in [6.45, 7) is 0. The molecule has 0 heterocycles. The molecule has 1 fully saturated rings. The molecule has 1 aliphatic carbocycles. The molecule has 0 amide bonds. The van der Waals surface area contributed by atoms with Gasteiger partial charge in [-0.2, -0.15) is 0 Å². The molecule has 68 valence electrons. The SMILES string of the molecule is BrC(Br)=C1CCC(=C(Br)Br)CC1. The molecule has 0 aliphatic heterocycles. The molecule has 0 nitrogen and oxygen atoms in total. The molecule has 0 N–H and O–H groups in total. The van der Waals surface area contributed by atoms with E-state index in [9.17, 15) is 0 Å². The summed E-state index contributed by atoms with van der Waals surface area (Å²) in [6, 6.07) is 0. The fraction of sp³-hybridized carbons (Fsp3) is 0.500. The first-order valence-corrected chi connectivity index (χ1v) is 6.84. The van der Waals surface area contributed by atoms with E-state index in [0.717, 1.165) is 32.5 Å². The van der Waals surface area contributed by atoms with Crippen LogP contribution in [0.15, 0.2) is 17.9 Å². The monoisotopic (exact) mass is 420 g/mol. The Hall–Kier alpha value is 1.40. The summed E-state index contributed by atoms with van der Waals surface area (Å²) in [5.74, 6) is 0. The summed E-state index contributed by atoms with van der Waals surface area (Å²) in [5.41, 5.74) is 2.97. The molecule has 0 unspecified atom stereocenters. The van der Waals surface area contributed by atoms with Crippen molar-refractivity contribution < 1.29 is 0 Å². The molecular weight excluding hydrogens is 416 g/mol. The number of allylic oxidation sites excluding steroid dienone is 2. The average molecular weight is 424 g/mol. The van der Waals surface area contributed by atoms with Crippen LogP contribution in [0.5, 0.6) is 0 Å². The zero-order valence-electron chi connectivity index (χ0n) is 6.34. The molecule has 0 aromatic carbocycles. The van der Waals surface area contributed by atoms with Gasteiger partial charge in [0.1, 0.15) is 0 Å². The fourth-order valence-electron chi connectivity index (χ4n) is 1.23. The third kappa shape index (κ3) is 3.28. The van der Waals surface area contributed by atoms with Crippen LogP contribution in [-0.2, 0) is 0 Å². The van der Waals surface area contributed by atoms with E-state index in [2.05, 4.69) is 63.7 Å². The highest BCUT2D eigenvalue weighted by atomic mass is 79.9. The number of halogens is 4. The first kappa shape index (κ1) is 11.5. The molecule has 0 bridgehead atoms. The Morgan fingerprint density at radius 2 is 0.917 bits per heavy atom. The van der Waals surface area contributed by atoms with Crippen LogP contribution in [0.3, 0.4) is 0 Å². The van der Waals surface area contributed by atoms with Crippen molar-refractivity contribution in [2.45, 2.75) is 25.7 Å². The van der Waals surface area contributed by atoms with E-state index in [4.69, 9.17) is 0 Å². The lowest BCUT2D eigenvalue weighted by atomic mass is 9.93. The van der Waals surface area contributed by atoms with Crippen molar-refractivity contribution in [1.29, 1.82) is 0 Å². The number of rotatable bonds is 0. The second kappa shape index (κ2) is 5.32. The van der Waals surface area contributed by atoms with Gasteiger partial charge in [0.25, 0.3) is 0 Å².